The number of ketones is 1. The molecule has 1 aliphatic rings. The molecule has 1 aliphatic heterocycles. The van der Waals surface area contributed by atoms with Gasteiger partial charge in [-0.15, -0.1) is 0 Å². The number of carboxylic acids is 1. The van der Waals surface area contributed by atoms with Gasteiger partial charge in [-0.3, -0.25) is 4.79 Å². The SMILES string of the molecule is O=C(O)c1ccc(C(=O)/C=C2\NCCc3ccccc32)cc1. The van der Waals surface area contributed by atoms with Crippen molar-refractivity contribution in [1.29, 1.82) is 0 Å². The van der Waals surface area contributed by atoms with Crippen molar-refractivity contribution in [3.63, 3.8) is 0 Å². The maximum atomic E-state index is 12.3. The summed E-state index contributed by atoms with van der Waals surface area (Å²) in [5, 5.41) is 12.1. The van der Waals surface area contributed by atoms with Crippen molar-refractivity contribution in [3.8, 4) is 0 Å². The molecule has 0 saturated heterocycles. The monoisotopic (exact) mass is 293 g/mol. The fraction of sp³-hybridized carbons (Fsp3) is 0.111. The van der Waals surface area contributed by atoms with Crippen molar-refractivity contribution in [3.05, 3.63) is 76.9 Å². The average Bonchev–Trinajstić information content (AvgIpc) is 2.55. The van der Waals surface area contributed by atoms with Crippen LogP contribution in [0, 0.1) is 0 Å². The summed E-state index contributed by atoms with van der Waals surface area (Å²) in [6.45, 7) is 0.800. The largest absolute Gasteiger partial charge is 0.478 e. The number of carboxylic acid groups (broad SMARTS) is 1. The second-order valence-corrected chi connectivity index (χ2v) is 5.14. The molecule has 0 spiro atoms. The molecule has 4 heteroatoms. The maximum Gasteiger partial charge on any atom is 0.335 e. The summed E-state index contributed by atoms with van der Waals surface area (Å²) >= 11 is 0. The van der Waals surface area contributed by atoms with Crippen molar-refractivity contribution in [1.82, 2.24) is 5.32 Å². The van der Waals surface area contributed by atoms with E-state index in [0.29, 0.717) is 5.56 Å². The molecule has 0 radical (unpaired) electrons. The Morgan fingerprint density at radius 1 is 1.00 bits per heavy atom. The molecule has 1 heterocycles. The van der Waals surface area contributed by atoms with Gasteiger partial charge in [0.1, 0.15) is 0 Å². The molecule has 0 atom stereocenters. The van der Waals surface area contributed by atoms with Crippen LogP contribution in [0.3, 0.4) is 0 Å². The third-order valence-electron chi connectivity index (χ3n) is 3.71. The van der Waals surface area contributed by atoms with Crippen molar-refractivity contribution >= 4 is 17.4 Å². The summed E-state index contributed by atoms with van der Waals surface area (Å²) < 4.78 is 0. The minimum Gasteiger partial charge on any atom is -0.478 e. The Hall–Kier alpha value is -2.88. The summed E-state index contributed by atoms with van der Waals surface area (Å²) in [5.41, 5.74) is 3.73. The van der Waals surface area contributed by atoms with E-state index in [1.165, 1.54) is 29.8 Å². The van der Waals surface area contributed by atoms with Crippen molar-refractivity contribution in [2.45, 2.75) is 6.42 Å². The zero-order chi connectivity index (χ0) is 15.5. The topological polar surface area (TPSA) is 66.4 Å². The van der Waals surface area contributed by atoms with Gasteiger partial charge in [0.2, 0.25) is 0 Å². The van der Waals surface area contributed by atoms with E-state index < -0.39 is 5.97 Å². The van der Waals surface area contributed by atoms with E-state index in [1.807, 2.05) is 18.2 Å². The fourth-order valence-electron chi connectivity index (χ4n) is 2.55. The number of nitrogens with one attached hydrogen (secondary N) is 1. The molecule has 2 N–H and O–H groups in total. The molecule has 0 saturated carbocycles. The van der Waals surface area contributed by atoms with Gasteiger partial charge in [-0.1, -0.05) is 36.4 Å². The Balaban J connectivity index is 1.89. The standard InChI is InChI=1S/C18H15NO3/c20-17(13-5-7-14(8-6-13)18(21)22)11-16-15-4-2-1-3-12(15)9-10-19-16/h1-8,11,19H,9-10H2,(H,21,22)/b16-11-. The van der Waals surface area contributed by atoms with Crippen LogP contribution in [0.1, 0.15) is 31.8 Å². The van der Waals surface area contributed by atoms with E-state index in [1.54, 1.807) is 6.08 Å². The number of allylic oxidation sites excluding steroid dienone is 1. The van der Waals surface area contributed by atoms with Gasteiger partial charge in [0.15, 0.2) is 5.78 Å². The molecule has 0 unspecified atom stereocenters. The highest BCUT2D eigenvalue weighted by Gasteiger charge is 2.14. The molecule has 4 nitrogen and oxygen atoms in total. The predicted octanol–water partition coefficient (Wildman–Crippen LogP) is 2.75. The van der Waals surface area contributed by atoms with Gasteiger partial charge in [-0.25, -0.2) is 4.79 Å². The first kappa shape index (κ1) is 14.1. The number of hydrogen-bond donors (Lipinski definition) is 2. The van der Waals surface area contributed by atoms with E-state index in [9.17, 15) is 9.59 Å². The summed E-state index contributed by atoms with van der Waals surface area (Å²) in [4.78, 5) is 23.2. The molecule has 3 rings (SSSR count). The lowest BCUT2D eigenvalue weighted by molar-refractivity contribution is 0.0696. The van der Waals surface area contributed by atoms with Crippen LogP contribution in [0.5, 0.6) is 0 Å². The minimum absolute atomic E-state index is 0.142. The van der Waals surface area contributed by atoms with Crippen LogP contribution in [0.25, 0.3) is 5.70 Å². The third kappa shape index (κ3) is 2.76. The highest BCUT2D eigenvalue weighted by Crippen LogP contribution is 2.22. The number of hydrogen-bond acceptors (Lipinski definition) is 3. The average molecular weight is 293 g/mol. The summed E-state index contributed by atoms with van der Waals surface area (Å²) in [6.07, 6.45) is 2.52. The first-order valence-corrected chi connectivity index (χ1v) is 7.07. The van der Waals surface area contributed by atoms with Gasteiger partial charge in [0.25, 0.3) is 0 Å². The summed E-state index contributed by atoms with van der Waals surface area (Å²) in [5.74, 6) is -1.14. The number of fused-ring (bicyclic) bond motifs is 1. The highest BCUT2D eigenvalue weighted by atomic mass is 16.4. The molecule has 0 fully saturated rings. The van der Waals surface area contributed by atoms with Gasteiger partial charge in [-0.2, -0.15) is 0 Å². The van der Waals surface area contributed by atoms with Crippen LogP contribution in [0.4, 0.5) is 0 Å². The molecule has 110 valence electrons. The van der Waals surface area contributed by atoms with Crippen LogP contribution in [0.2, 0.25) is 0 Å². The molecule has 22 heavy (non-hydrogen) atoms. The van der Waals surface area contributed by atoms with Crippen LogP contribution in [-0.2, 0) is 6.42 Å². The number of aromatic carboxylic acids is 1. The predicted molar refractivity (Wildman–Crippen MR) is 83.9 cm³/mol. The van der Waals surface area contributed by atoms with Crippen molar-refractivity contribution in [2.75, 3.05) is 6.54 Å². The second kappa shape index (κ2) is 5.85. The van der Waals surface area contributed by atoms with Gasteiger partial charge in [0.05, 0.1) is 5.56 Å². The number of carbonyl (C=O) groups is 2. The van der Waals surface area contributed by atoms with Crippen LogP contribution in [0.15, 0.2) is 54.6 Å². The molecule has 2 aromatic carbocycles. The van der Waals surface area contributed by atoms with E-state index in [2.05, 4.69) is 11.4 Å². The first-order valence-electron chi connectivity index (χ1n) is 7.07. The van der Waals surface area contributed by atoms with Gasteiger partial charge in [0, 0.05) is 29.4 Å². The third-order valence-corrected chi connectivity index (χ3v) is 3.71. The van der Waals surface area contributed by atoms with E-state index in [-0.39, 0.29) is 11.3 Å². The lowest BCUT2D eigenvalue weighted by Crippen LogP contribution is -2.23. The molecule has 0 amide bonds. The lowest BCUT2D eigenvalue weighted by Gasteiger charge is -2.20. The summed E-state index contributed by atoms with van der Waals surface area (Å²) in [6, 6.07) is 14.0. The van der Waals surface area contributed by atoms with Gasteiger partial charge >= 0.3 is 5.97 Å². The Kier molecular flexibility index (Phi) is 3.74. The smallest absolute Gasteiger partial charge is 0.335 e. The van der Waals surface area contributed by atoms with E-state index >= 15 is 0 Å². The van der Waals surface area contributed by atoms with E-state index in [0.717, 1.165) is 24.2 Å². The number of carbonyl (C=O) groups excluding carboxylic acids is 1. The number of rotatable bonds is 3. The molecule has 0 bridgehead atoms. The Morgan fingerprint density at radius 3 is 2.41 bits per heavy atom. The Labute approximate surface area is 128 Å². The van der Waals surface area contributed by atoms with Crippen molar-refractivity contribution < 1.29 is 14.7 Å². The Bertz CT molecular complexity index is 760. The normalized spacial score (nSPS) is 15.0. The quantitative estimate of drug-likeness (QED) is 0.674. The molecule has 0 aromatic heterocycles. The molecular formula is C18H15NO3. The first-order chi connectivity index (χ1) is 10.6. The second-order valence-electron chi connectivity index (χ2n) is 5.14. The van der Waals surface area contributed by atoms with Crippen LogP contribution in [-0.4, -0.2) is 23.4 Å². The zero-order valence-corrected chi connectivity index (χ0v) is 11.9. The van der Waals surface area contributed by atoms with E-state index in [4.69, 9.17) is 5.11 Å². The van der Waals surface area contributed by atoms with Crippen LogP contribution >= 0.6 is 0 Å². The van der Waals surface area contributed by atoms with Crippen LogP contribution < -0.4 is 5.32 Å². The van der Waals surface area contributed by atoms with Gasteiger partial charge in [-0.05, 0) is 24.1 Å². The number of benzene rings is 2. The van der Waals surface area contributed by atoms with Crippen molar-refractivity contribution in [2.24, 2.45) is 0 Å². The highest BCUT2D eigenvalue weighted by molar-refractivity contribution is 6.08. The minimum atomic E-state index is -1.000. The Morgan fingerprint density at radius 2 is 1.68 bits per heavy atom. The van der Waals surface area contributed by atoms with Gasteiger partial charge < -0.3 is 10.4 Å². The molecule has 0 aliphatic carbocycles. The maximum absolute atomic E-state index is 12.3. The summed E-state index contributed by atoms with van der Waals surface area (Å²) in [7, 11) is 0. The zero-order valence-electron chi connectivity index (χ0n) is 11.9. The lowest BCUT2D eigenvalue weighted by atomic mass is 9.96. The molecule has 2 aromatic rings. The molecular weight excluding hydrogens is 278 g/mol. The fourth-order valence-corrected chi connectivity index (χ4v) is 2.55.